The number of rotatable bonds is 11. The average molecular weight is 550 g/mol. The van der Waals surface area contributed by atoms with E-state index in [2.05, 4.69) is 29.1 Å². The zero-order chi connectivity index (χ0) is 28.1. The van der Waals surface area contributed by atoms with Gasteiger partial charge in [0.15, 0.2) is 5.82 Å². The van der Waals surface area contributed by atoms with Crippen molar-refractivity contribution in [1.82, 2.24) is 14.9 Å². The summed E-state index contributed by atoms with van der Waals surface area (Å²) in [5, 5.41) is 12.1. The van der Waals surface area contributed by atoms with Gasteiger partial charge in [0.05, 0.1) is 12.0 Å². The maximum atomic E-state index is 14.9. The van der Waals surface area contributed by atoms with Crippen LogP contribution in [0.3, 0.4) is 0 Å². The van der Waals surface area contributed by atoms with Gasteiger partial charge in [0.2, 0.25) is 0 Å². The van der Waals surface area contributed by atoms with E-state index in [1.165, 1.54) is 6.20 Å². The first-order valence-electron chi connectivity index (χ1n) is 12.1. The number of pyridine rings is 1. The van der Waals surface area contributed by atoms with Crippen LogP contribution in [-0.4, -0.2) is 69.5 Å². The molecule has 2 aromatic heterocycles. The minimum absolute atomic E-state index is 0.0442. The molecule has 1 aromatic carbocycles. The Labute approximate surface area is 223 Å². The normalized spacial score (nSPS) is 13.2. The van der Waals surface area contributed by atoms with Crippen molar-refractivity contribution in [3.63, 3.8) is 0 Å². The Morgan fingerprint density at radius 3 is 2.45 bits per heavy atom. The maximum Gasteiger partial charge on any atom is 0.408 e. The van der Waals surface area contributed by atoms with E-state index in [0.717, 1.165) is 5.75 Å². The average Bonchev–Trinajstić information content (AvgIpc) is 3.12. The van der Waals surface area contributed by atoms with Crippen LogP contribution in [0.4, 0.5) is 9.18 Å². The Balaban J connectivity index is 1.68. The standard InChI is InChI=1S/C27H36FN3O6S/c1-27(2,3)37-26(34)30-21(25(32)33)15-18-7-9-19(10-8-18)36-22-11-12-29-24-23(22)20(28)16-31(24)17-35-13-14-38(4,5)6/h7-12,16,21H,13-15,17H2,1-6H3,(H,30,34)(H,32,33)/t21-/m0/s1. The number of carboxylic acids is 1. The molecule has 3 aromatic rings. The monoisotopic (exact) mass is 549 g/mol. The van der Waals surface area contributed by atoms with E-state index in [4.69, 9.17) is 14.2 Å². The van der Waals surface area contributed by atoms with E-state index in [1.807, 2.05) is 0 Å². The quantitative estimate of drug-likeness (QED) is 0.318. The molecule has 0 bridgehead atoms. The zero-order valence-corrected chi connectivity index (χ0v) is 23.4. The molecule has 0 saturated carbocycles. The van der Waals surface area contributed by atoms with Crippen LogP contribution in [0, 0.1) is 5.82 Å². The largest absolute Gasteiger partial charge is 0.480 e. The zero-order valence-electron chi connectivity index (χ0n) is 22.6. The van der Waals surface area contributed by atoms with E-state index < -0.39 is 39.6 Å². The van der Waals surface area contributed by atoms with E-state index in [0.29, 0.717) is 29.3 Å². The van der Waals surface area contributed by atoms with Crippen LogP contribution in [-0.2, 0) is 27.4 Å². The first kappa shape index (κ1) is 29.2. The number of aromatic nitrogens is 2. The summed E-state index contributed by atoms with van der Waals surface area (Å²) in [6.45, 7) is 5.85. The Morgan fingerprint density at radius 2 is 1.84 bits per heavy atom. The number of nitrogens with zero attached hydrogens (tertiary/aromatic N) is 2. The van der Waals surface area contributed by atoms with Gasteiger partial charge in [0, 0.05) is 30.6 Å². The van der Waals surface area contributed by atoms with Crippen molar-refractivity contribution in [3.05, 3.63) is 54.1 Å². The molecule has 1 atom stereocenters. The van der Waals surface area contributed by atoms with Crippen LogP contribution in [0.5, 0.6) is 11.5 Å². The van der Waals surface area contributed by atoms with Gasteiger partial charge in [-0.1, -0.05) is 12.1 Å². The maximum absolute atomic E-state index is 14.9. The molecule has 0 saturated heterocycles. The number of amides is 1. The minimum Gasteiger partial charge on any atom is -0.480 e. The van der Waals surface area contributed by atoms with Gasteiger partial charge in [0.1, 0.15) is 35.5 Å². The number of hydrogen-bond acceptors (Lipinski definition) is 6. The second-order valence-corrected chi connectivity index (χ2v) is 15.4. The van der Waals surface area contributed by atoms with E-state index in [-0.39, 0.29) is 18.5 Å². The highest BCUT2D eigenvalue weighted by molar-refractivity contribution is 8.32. The summed E-state index contributed by atoms with van der Waals surface area (Å²) in [5.41, 5.74) is 0.329. The highest BCUT2D eigenvalue weighted by Crippen LogP contribution is 2.34. The third kappa shape index (κ3) is 8.63. The topological polar surface area (TPSA) is 112 Å². The molecule has 3 rings (SSSR count). The van der Waals surface area contributed by atoms with Crippen molar-refractivity contribution in [3.8, 4) is 11.5 Å². The smallest absolute Gasteiger partial charge is 0.408 e. The summed E-state index contributed by atoms with van der Waals surface area (Å²) in [6.07, 6.45) is 8.77. The van der Waals surface area contributed by atoms with Crippen LogP contribution in [0.2, 0.25) is 0 Å². The van der Waals surface area contributed by atoms with Gasteiger partial charge in [-0.05, 0) is 57.2 Å². The molecule has 0 radical (unpaired) electrons. The number of halogens is 1. The van der Waals surface area contributed by atoms with E-state index in [9.17, 15) is 19.1 Å². The molecule has 0 unspecified atom stereocenters. The molecule has 38 heavy (non-hydrogen) atoms. The second-order valence-electron chi connectivity index (χ2n) is 10.8. The molecule has 2 N–H and O–H groups in total. The van der Waals surface area contributed by atoms with Gasteiger partial charge >= 0.3 is 12.1 Å². The lowest BCUT2D eigenvalue weighted by atomic mass is 10.1. The first-order valence-corrected chi connectivity index (χ1v) is 15.1. The number of aliphatic carboxylic acids is 1. The number of ether oxygens (including phenoxy) is 3. The fourth-order valence-corrected chi connectivity index (χ4v) is 4.12. The van der Waals surface area contributed by atoms with Gasteiger partial charge in [0.25, 0.3) is 0 Å². The van der Waals surface area contributed by atoms with Crippen LogP contribution in [0.25, 0.3) is 11.0 Å². The molecule has 0 spiro atoms. The number of carboxylic acid groups (broad SMARTS) is 1. The van der Waals surface area contributed by atoms with Gasteiger partial charge < -0.3 is 29.2 Å². The molecule has 1 amide bonds. The summed E-state index contributed by atoms with van der Waals surface area (Å²) in [5.74, 6) is 0.0377. The van der Waals surface area contributed by atoms with Crippen LogP contribution in [0.1, 0.15) is 26.3 Å². The van der Waals surface area contributed by atoms with Gasteiger partial charge in [-0.3, -0.25) is 0 Å². The molecular weight excluding hydrogens is 513 g/mol. The predicted octanol–water partition coefficient (Wildman–Crippen LogP) is 5.16. The van der Waals surface area contributed by atoms with Gasteiger partial charge in [-0.2, -0.15) is 0 Å². The fourth-order valence-electron chi connectivity index (χ4n) is 3.50. The number of benzene rings is 1. The molecule has 2 heterocycles. The number of hydrogen-bond donors (Lipinski definition) is 2. The first-order chi connectivity index (χ1) is 17.7. The molecule has 0 aliphatic rings. The molecule has 0 fully saturated rings. The third-order valence-corrected chi connectivity index (χ3v) is 6.71. The molecule has 0 aliphatic heterocycles. The summed E-state index contributed by atoms with van der Waals surface area (Å²) in [4.78, 5) is 28.0. The van der Waals surface area contributed by atoms with Gasteiger partial charge in [-0.15, -0.1) is 0 Å². The lowest BCUT2D eigenvalue weighted by Gasteiger charge is -2.24. The molecule has 9 nitrogen and oxygen atoms in total. The van der Waals surface area contributed by atoms with Crippen molar-refractivity contribution >= 4 is 33.1 Å². The lowest BCUT2D eigenvalue weighted by Crippen LogP contribution is -2.44. The van der Waals surface area contributed by atoms with Crippen molar-refractivity contribution in [2.45, 2.75) is 45.6 Å². The van der Waals surface area contributed by atoms with Crippen LogP contribution < -0.4 is 10.1 Å². The molecule has 0 aliphatic carbocycles. The Hall–Kier alpha value is -3.31. The Morgan fingerprint density at radius 1 is 1.16 bits per heavy atom. The lowest BCUT2D eigenvalue weighted by molar-refractivity contribution is -0.139. The van der Waals surface area contributed by atoms with E-state index in [1.54, 1.807) is 61.9 Å². The van der Waals surface area contributed by atoms with Crippen LogP contribution in [0.15, 0.2) is 42.7 Å². The Bertz CT molecular complexity index is 1260. The highest BCUT2D eigenvalue weighted by atomic mass is 32.3. The van der Waals surface area contributed by atoms with Crippen molar-refractivity contribution < 1.29 is 33.3 Å². The van der Waals surface area contributed by atoms with Crippen molar-refractivity contribution in [2.75, 3.05) is 31.1 Å². The van der Waals surface area contributed by atoms with Crippen molar-refractivity contribution in [2.24, 2.45) is 0 Å². The molecule has 208 valence electrons. The number of fused-ring (bicyclic) bond motifs is 1. The SMILES string of the molecule is CC(C)(C)OC(=O)N[C@@H](Cc1ccc(Oc2ccnc3c2c(F)cn3COCCS(C)(C)C)cc1)C(=O)O. The summed E-state index contributed by atoms with van der Waals surface area (Å²) in [6, 6.07) is 7.10. The third-order valence-electron chi connectivity index (χ3n) is 5.32. The van der Waals surface area contributed by atoms with Gasteiger partial charge in [-0.25, -0.2) is 29.0 Å². The predicted molar refractivity (Wildman–Crippen MR) is 147 cm³/mol. The number of alkyl carbamates (subject to hydrolysis) is 1. The highest BCUT2D eigenvalue weighted by Gasteiger charge is 2.24. The van der Waals surface area contributed by atoms with Crippen molar-refractivity contribution in [1.29, 1.82) is 0 Å². The summed E-state index contributed by atoms with van der Waals surface area (Å²) in [7, 11) is -0.681. The Kier molecular flexibility index (Phi) is 9.26. The molecular formula is C27H36FN3O6S. The number of nitrogens with one attached hydrogen (secondary N) is 1. The second kappa shape index (κ2) is 12.0. The fraction of sp³-hybridized carbons (Fsp3) is 0.444. The number of carbonyl (C=O) groups excluding carboxylic acids is 1. The van der Waals surface area contributed by atoms with E-state index >= 15 is 0 Å². The molecule has 11 heteroatoms. The summed E-state index contributed by atoms with van der Waals surface area (Å²) < 4.78 is 33.3. The van der Waals surface area contributed by atoms with Crippen LogP contribution >= 0.6 is 10.0 Å². The summed E-state index contributed by atoms with van der Waals surface area (Å²) >= 11 is 0. The minimum atomic E-state index is -1.18. The number of carbonyl (C=O) groups is 2.